The van der Waals surface area contributed by atoms with Crippen molar-refractivity contribution in [1.29, 1.82) is 0 Å². The highest BCUT2D eigenvalue weighted by atomic mass is 16.2. The van der Waals surface area contributed by atoms with E-state index in [0.717, 1.165) is 17.1 Å². The van der Waals surface area contributed by atoms with Crippen LogP contribution in [-0.4, -0.2) is 29.1 Å². The molecule has 0 N–H and O–H groups in total. The summed E-state index contributed by atoms with van der Waals surface area (Å²) in [6.45, 7) is 3.35. The summed E-state index contributed by atoms with van der Waals surface area (Å²) >= 11 is 0. The van der Waals surface area contributed by atoms with Crippen LogP contribution >= 0.6 is 0 Å². The Bertz CT molecular complexity index is 726. The lowest BCUT2D eigenvalue weighted by atomic mass is 10.1. The predicted molar refractivity (Wildman–Crippen MR) is 85.3 cm³/mol. The van der Waals surface area contributed by atoms with Crippen LogP contribution in [-0.2, 0) is 0 Å². The third kappa shape index (κ3) is 2.22. The molecule has 1 saturated heterocycles. The fraction of sp³-hybridized carbons (Fsp3) is 0.353. The molecule has 0 radical (unpaired) electrons. The number of aromatic nitrogens is 2. The molecule has 2 fully saturated rings. The molecular formula is C17H18N4O. The summed E-state index contributed by atoms with van der Waals surface area (Å²) in [5, 5.41) is 0. The van der Waals surface area contributed by atoms with Crippen LogP contribution in [0, 0.1) is 6.92 Å². The number of aryl methyl sites for hydroxylation is 1. The number of carbonyl (C=O) groups excluding carboxylic acids is 1. The van der Waals surface area contributed by atoms with Crippen molar-refractivity contribution < 1.29 is 4.79 Å². The lowest BCUT2D eigenvalue weighted by Gasteiger charge is -2.20. The van der Waals surface area contributed by atoms with E-state index in [-0.39, 0.29) is 6.03 Å². The second-order valence-corrected chi connectivity index (χ2v) is 5.99. The quantitative estimate of drug-likeness (QED) is 0.874. The number of carbonyl (C=O) groups is 1. The summed E-state index contributed by atoms with van der Waals surface area (Å²) in [6, 6.07) is 5.93. The van der Waals surface area contributed by atoms with Gasteiger partial charge in [-0.1, -0.05) is 0 Å². The van der Waals surface area contributed by atoms with E-state index in [2.05, 4.69) is 9.97 Å². The largest absolute Gasteiger partial charge is 0.330 e. The standard InChI is InChI=1S/C17H18N4O/c1-12-4-7-19-16(10-12)21-9-8-20(17(21)22)15-11-18-6-5-14(15)13-2-3-13/h4-7,10-11,13H,2-3,8-9H2,1H3. The molecule has 2 aromatic heterocycles. The van der Waals surface area contributed by atoms with Gasteiger partial charge >= 0.3 is 6.03 Å². The van der Waals surface area contributed by atoms with E-state index < -0.39 is 0 Å². The van der Waals surface area contributed by atoms with Crippen LogP contribution in [0.4, 0.5) is 16.3 Å². The van der Waals surface area contributed by atoms with Crippen LogP contribution in [0.1, 0.15) is 29.9 Å². The van der Waals surface area contributed by atoms with Gasteiger partial charge in [0, 0.05) is 25.5 Å². The second-order valence-electron chi connectivity index (χ2n) is 5.99. The third-order valence-corrected chi connectivity index (χ3v) is 4.33. The molecule has 2 amide bonds. The number of rotatable bonds is 3. The van der Waals surface area contributed by atoms with Crippen molar-refractivity contribution in [3.05, 3.63) is 47.9 Å². The Morgan fingerprint density at radius 2 is 1.95 bits per heavy atom. The molecule has 5 heteroatoms. The SMILES string of the molecule is Cc1ccnc(N2CCN(c3cnccc3C3CC3)C2=O)c1. The minimum Gasteiger partial charge on any atom is -0.290 e. The number of nitrogens with zero attached hydrogens (tertiary/aromatic N) is 4. The first-order chi connectivity index (χ1) is 10.7. The Kier molecular flexibility index (Phi) is 3.06. The smallest absolute Gasteiger partial charge is 0.290 e. The van der Waals surface area contributed by atoms with E-state index in [4.69, 9.17) is 0 Å². The molecule has 2 aliphatic rings. The number of anilines is 2. The molecule has 4 rings (SSSR count). The van der Waals surface area contributed by atoms with Gasteiger partial charge in [0.15, 0.2) is 0 Å². The molecule has 0 atom stereocenters. The topological polar surface area (TPSA) is 49.3 Å². The highest BCUT2D eigenvalue weighted by molar-refractivity contribution is 6.06. The maximum Gasteiger partial charge on any atom is 0.330 e. The zero-order valence-corrected chi connectivity index (χ0v) is 12.6. The molecule has 0 spiro atoms. The Morgan fingerprint density at radius 1 is 1.14 bits per heavy atom. The van der Waals surface area contributed by atoms with Gasteiger partial charge in [-0.3, -0.25) is 14.8 Å². The average Bonchev–Trinajstić information content (AvgIpc) is 3.30. The highest BCUT2D eigenvalue weighted by Crippen LogP contribution is 2.44. The summed E-state index contributed by atoms with van der Waals surface area (Å²) in [5.41, 5.74) is 3.32. The lowest BCUT2D eigenvalue weighted by molar-refractivity contribution is 0.255. The monoisotopic (exact) mass is 294 g/mol. The summed E-state index contributed by atoms with van der Waals surface area (Å²) in [6.07, 6.45) is 7.81. The molecule has 112 valence electrons. The fourth-order valence-corrected chi connectivity index (χ4v) is 3.00. The van der Waals surface area contributed by atoms with Crippen molar-refractivity contribution in [3.63, 3.8) is 0 Å². The van der Waals surface area contributed by atoms with Gasteiger partial charge < -0.3 is 0 Å². The van der Waals surface area contributed by atoms with Gasteiger partial charge in [0.05, 0.1) is 11.9 Å². The fourth-order valence-electron chi connectivity index (χ4n) is 3.00. The van der Waals surface area contributed by atoms with Gasteiger partial charge in [-0.2, -0.15) is 0 Å². The zero-order chi connectivity index (χ0) is 15.1. The molecule has 1 aliphatic carbocycles. The van der Waals surface area contributed by atoms with Gasteiger partial charge in [0.25, 0.3) is 0 Å². The minimum absolute atomic E-state index is 0.00648. The van der Waals surface area contributed by atoms with Gasteiger partial charge in [0.2, 0.25) is 0 Å². The van der Waals surface area contributed by atoms with Crippen molar-refractivity contribution in [2.75, 3.05) is 22.9 Å². The van der Waals surface area contributed by atoms with Gasteiger partial charge in [-0.25, -0.2) is 9.78 Å². The van der Waals surface area contributed by atoms with E-state index in [1.807, 2.05) is 42.4 Å². The molecule has 0 aromatic carbocycles. The molecule has 1 aliphatic heterocycles. The average molecular weight is 294 g/mol. The van der Waals surface area contributed by atoms with E-state index in [1.165, 1.54) is 18.4 Å². The Morgan fingerprint density at radius 3 is 2.73 bits per heavy atom. The first-order valence-electron chi connectivity index (χ1n) is 7.69. The normalized spacial score (nSPS) is 18.1. The molecule has 1 saturated carbocycles. The molecule has 0 bridgehead atoms. The van der Waals surface area contributed by atoms with Crippen LogP contribution in [0.25, 0.3) is 0 Å². The Balaban J connectivity index is 1.64. The Labute approximate surface area is 129 Å². The molecular weight excluding hydrogens is 276 g/mol. The molecule has 0 unspecified atom stereocenters. The zero-order valence-electron chi connectivity index (χ0n) is 12.6. The summed E-state index contributed by atoms with van der Waals surface area (Å²) < 4.78 is 0. The predicted octanol–water partition coefficient (Wildman–Crippen LogP) is 3.11. The molecule has 3 heterocycles. The van der Waals surface area contributed by atoms with Crippen molar-refractivity contribution in [2.45, 2.75) is 25.7 Å². The Hall–Kier alpha value is -2.43. The number of pyridine rings is 2. The van der Waals surface area contributed by atoms with Crippen LogP contribution in [0.15, 0.2) is 36.8 Å². The maximum atomic E-state index is 12.8. The summed E-state index contributed by atoms with van der Waals surface area (Å²) in [5.74, 6) is 1.32. The molecule has 2 aromatic rings. The van der Waals surface area contributed by atoms with E-state index in [0.29, 0.717) is 19.0 Å². The van der Waals surface area contributed by atoms with E-state index >= 15 is 0 Å². The highest BCUT2D eigenvalue weighted by Gasteiger charge is 2.35. The number of amides is 2. The van der Waals surface area contributed by atoms with E-state index in [1.54, 1.807) is 11.1 Å². The maximum absolute atomic E-state index is 12.8. The van der Waals surface area contributed by atoms with Crippen LogP contribution < -0.4 is 9.80 Å². The number of urea groups is 1. The molecule has 5 nitrogen and oxygen atoms in total. The second kappa shape index (κ2) is 5.09. The van der Waals surface area contributed by atoms with Crippen LogP contribution in [0.2, 0.25) is 0 Å². The third-order valence-electron chi connectivity index (χ3n) is 4.33. The minimum atomic E-state index is -0.00648. The number of hydrogen-bond donors (Lipinski definition) is 0. The molecule has 22 heavy (non-hydrogen) atoms. The van der Waals surface area contributed by atoms with Crippen molar-refractivity contribution in [2.24, 2.45) is 0 Å². The first-order valence-corrected chi connectivity index (χ1v) is 7.69. The van der Waals surface area contributed by atoms with Gasteiger partial charge in [-0.05, 0) is 55.0 Å². The summed E-state index contributed by atoms with van der Waals surface area (Å²) in [4.78, 5) is 24.9. The number of hydrogen-bond acceptors (Lipinski definition) is 3. The van der Waals surface area contributed by atoms with Crippen molar-refractivity contribution in [3.8, 4) is 0 Å². The first kappa shape index (κ1) is 13.2. The van der Waals surface area contributed by atoms with Crippen LogP contribution in [0.3, 0.4) is 0 Å². The van der Waals surface area contributed by atoms with E-state index in [9.17, 15) is 4.79 Å². The van der Waals surface area contributed by atoms with Gasteiger partial charge in [-0.15, -0.1) is 0 Å². The van der Waals surface area contributed by atoms with Gasteiger partial charge in [0.1, 0.15) is 5.82 Å². The lowest BCUT2D eigenvalue weighted by Crippen LogP contribution is -2.32. The van der Waals surface area contributed by atoms with Crippen LogP contribution in [0.5, 0.6) is 0 Å². The van der Waals surface area contributed by atoms with Crippen molar-refractivity contribution in [1.82, 2.24) is 9.97 Å². The van der Waals surface area contributed by atoms with Crippen molar-refractivity contribution >= 4 is 17.5 Å². The summed E-state index contributed by atoms with van der Waals surface area (Å²) in [7, 11) is 0.